The molecule has 2 aromatic carbocycles. The first-order chi connectivity index (χ1) is 9.01. The molecular weight excluding hydrogens is 250 g/mol. The molecule has 19 heavy (non-hydrogen) atoms. The molecule has 0 aliphatic carbocycles. The Morgan fingerprint density at radius 1 is 1.21 bits per heavy atom. The van der Waals surface area contributed by atoms with E-state index in [1.807, 2.05) is 6.07 Å². The Kier molecular flexibility index (Phi) is 3.34. The van der Waals surface area contributed by atoms with Gasteiger partial charge in [-0.2, -0.15) is 9.65 Å². The summed E-state index contributed by atoms with van der Waals surface area (Å²) in [4.78, 5) is 0. The molecule has 0 heterocycles. The van der Waals surface area contributed by atoms with Gasteiger partial charge >= 0.3 is 0 Å². The Morgan fingerprint density at radius 3 is 2.63 bits per heavy atom. The molecule has 0 atom stereocenters. The van der Waals surface area contributed by atoms with Crippen molar-refractivity contribution in [2.45, 2.75) is 6.92 Å². The first-order valence-electron chi connectivity index (χ1n) is 5.44. The van der Waals surface area contributed by atoms with E-state index in [0.717, 1.165) is 11.6 Å². The Hall–Kier alpha value is -2.61. The molecule has 96 valence electrons. The molecule has 0 saturated heterocycles. The van der Waals surface area contributed by atoms with Gasteiger partial charge in [0.25, 0.3) is 0 Å². The lowest BCUT2D eigenvalue weighted by Crippen LogP contribution is -1.98. The summed E-state index contributed by atoms with van der Waals surface area (Å²) in [5.74, 6) is -2.35. The number of halogens is 2. The summed E-state index contributed by atoms with van der Waals surface area (Å²) in [5, 5.41) is 8.84. The number of nitrogens with two attached hydrogens (primary N) is 1. The number of hydrogen-bond donors (Lipinski definition) is 1. The summed E-state index contributed by atoms with van der Waals surface area (Å²) in [7, 11) is 0. The molecule has 0 fully saturated rings. The van der Waals surface area contributed by atoms with Gasteiger partial charge in [-0.1, -0.05) is 0 Å². The van der Waals surface area contributed by atoms with Crippen LogP contribution in [0.15, 0.2) is 30.3 Å². The third-order valence-electron chi connectivity index (χ3n) is 2.48. The van der Waals surface area contributed by atoms with Crippen molar-refractivity contribution in [2.24, 2.45) is 0 Å². The van der Waals surface area contributed by atoms with Crippen molar-refractivity contribution in [1.82, 2.24) is 0 Å². The van der Waals surface area contributed by atoms with E-state index in [1.54, 1.807) is 19.1 Å². The van der Waals surface area contributed by atoms with E-state index in [9.17, 15) is 8.78 Å². The van der Waals surface area contributed by atoms with Crippen LogP contribution < -0.4 is 10.5 Å². The molecule has 0 spiro atoms. The number of nitrogen functional groups attached to an aromatic ring is 1. The van der Waals surface area contributed by atoms with Crippen LogP contribution in [0.3, 0.4) is 0 Å². The molecule has 0 amide bonds. The van der Waals surface area contributed by atoms with E-state index in [1.165, 1.54) is 12.1 Å². The molecule has 0 bridgehead atoms. The highest BCUT2D eigenvalue weighted by atomic mass is 19.2. The summed E-state index contributed by atoms with van der Waals surface area (Å²) >= 11 is 0. The van der Waals surface area contributed by atoms with E-state index in [0.29, 0.717) is 5.56 Å². The van der Waals surface area contributed by atoms with Crippen LogP contribution in [0, 0.1) is 29.9 Å². The van der Waals surface area contributed by atoms with Crippen molar-refractivity contribution in [3.63, 3.8) is 0 Å². The quantitative estimate of drug-likeness (QED) is 0.840. The van der Waals surface area contributed by atoms with Crippen LogP contribution in [0.1, 0.15) is 11.1 Å². The van der Waals surface area contributed by atoms with Gasteiger partial charge in [0.1, 0.15) is 5.75 Å². The van der Waals surface area contributed by atoms with Crippen molar-refractivity contribution in [1.29, 1.82) is 5.26 Å². The fourth-order valence-electron chi connectivity index (χ4n) is 1.64. The molecular formula is C14H10F2N2O. The van der Waals surface area contributed by atoms with Gasteiger partial charge in [0, 0.05) is 0 Å². The van der Waals surface area contributed by atoms with Crippen LogP contribution in [-0.2, 0) is 0 Å². The number of nitrogens with zero attached hydrogens (tertiary/aromatic N) is 1. The maximum Gasteiger partial charge on any atom is 0.203 e. The van der Waals surface area contributed by atoms with Crippen LogP contribution in [0.25, 0.3) is 0 Å². The summed E-state index contributed by atoms with van der Waals surface area (Å²) in [6.45, 7) is 1.76. The third kappa shape index (κ3) is 2.63. The lowest BCUT2D eigenvalue weighted by Gasteiger charge is -2.10. The van der Waals surface area contributed by atoms with Gasteiger partial charge in [-0.25, -0.2) is 4.39 Å². The molecule has 2 rings (SSSR count). The molecule has 0 aromatic heterocycles. The van der Waals surface area contributed by atoms with Crippen LogP contribution in [0.2, 0.25) is 0 Å². The highest BCUT2D eigenvalue weighted by Gasteiger charge is 2.14. The monoisotopic (exact) mass is 260 g/mol. The zero-order valence-electron chi connectivity index (χ0n) is 10.1. The van der Waals surface area contributed by atoms with Crippen LogP contribution in [0.5, 0.6) is 11.5 Å². The van der Waals surface area contributed by atoms with Crippen LogP contribution >= 0.6 is 0 Å². The van der Waals surface area contributed by atoms with E-state index in [2.05, 4.69) is 0 Å². The first kappa shape index (κ1) is 12.8. The van der Waals surface area contributed by atoms with Crippen molar-refractivity contribution in [3.05, 3.63) is 53.1 Å². The maximum atomic E-state index is 13.6. The molecule has 2 N–H and O–H groups in total. The second kappa shape index (κ2) is 4.94. The maximum absolute atomic E-state index is 13.6. The topological polar surface area (TPSA) is 59.0 Å². The predicted molar refractivity (Wildman–Crippen MR) is 66.7 cm³/mol. The average molecular weight is 260 g/mol. The average Bonchev–Trinajstić information content (AvgIpc) is 2.38. The first-order valence-corrected chi connectivity index (χ1v) is 5.44. The van der Waals surface area contributed by atoms with Gasteiger partial charge < -0.3 is 10.5 Å². The number of anilines is 1. The van der Waals surface area contributed by atoms with E-state index >= 15 is 0 Å². The number of nitriles is 1. The zero-order chi connectivity index (χ0) is 14.0. The molecule has 0 aliphatic heterocycles. The summed E-state index contributed by atoms with van der Waals surface area (Å²) in [6.07, 6.45) is 0. The van der Waals surface area contributed by atoms with Crippen LogP contribution in [0.4, 0.5) is 14.5 Å². The Bertz CT molecular complexity index is 678. The lowest BCUT2D eigenvalue weighted by atomic mass is 10.1. The zero-order valence-corrected chi connectivity index (χ0v) is 10.1. The van der Waals surface area contributed by atoms with Gasteiger partial charge in [-0.3, -0.25) is 0 Å². The Labute approximate surface area is 108 Å². The smallest absolute Gasteiger partial charge is 0.203 e. The largest absolute Gasteiger partial charge is 0.452 e. The fraction of sp³-hybridized carbons (Fsp3) is 0.0714. The number of ether oxygens (including phenoxy) is 1. The highest BCUT2D eigenvalue weighted by molar-refractivity contribution is 5.55. The summed E-state index contributed by atoms with van der Waals surface area (Å²) in [6, 6.07) is 8.78. The Balaban J connectivity index is 2.45. The van der Waals surface area contributed by atoms with Gasteiger partial charge in [0.2, 0.25) is 5.82 Å². The molecule has 0 unspecified atom stereocenters. The number of rotatable bonds is 2. The van der Waals surface area contributed by atoms with Gasteiger partial charge in [-0.05, 0) is 42.8 Å². The minimum absolute atomic E-state index is 0.0149. The van der Waals surface area contributed by atoms with Crippen LogP contribution in [-0.4, -0.2) is 0 Å². The standard InChI is InChI=1S/C14H10F2N2O/c1-8-4-9(7-17)6-10(5-8)19-14-12(18)3-2-11(15)13(14)16/h2-6H,18H2,1H3. The second-order valence-corrected chi connectivity index (χ2v) is 4.03. The van der Waals surface area contributed by atoms with E-state index < -0.39 is 11.6 Å². The minimum Gasteiger partial charge on any atom is -0.452 e. The summed E-state index contributed by atoms with van der Waals surface area (Å²) < 4.78 is 32.0. The Morgan fingerprint density at radius 2 is 1.95 bits per heavy atom. The third-order valence-corrected chi connectivity index (χ3v) is 2.48. The SMILES string of the molecule is Cc1cc(C#N)cc(Oc2c(N)ccc(F)c2F)c1. The second-order valence-electron chi connectivity index (χ2n) is 4.03. The molecule has 3 nitrogen and oxygen atoms in total. The molecule has 5 heteroatoms. The summed E-state index contributed by atoms with van der Waals surface area (Å²) in [5.41, 5.74) is 6.67. The van der Waals surface area contributed by atoms with E-state index in [4.69, 9.17) is 15.7 Å². The molecule has 0 aliphatic rings. The predicted octanol–water partition coefficient (Wildman–Crippen LogP) is 3.52. The van der Waals surface area contributed by atoms with Crippen molar-refractivity contribution in [2.75, 3.05) is 5.73 Å². The van der Waals surface area contributed by atoms with Gasteiger partial charge in [0.15, 0.2) is 11.6 Å². The van der Waals surface area contributed by atoms with Crippen molar-refractivity contribution in [3.8, 4) is 17.6 Å². The van der Waals surface area contributed by atoms with Crippen molar-refractivity contribution < 1.29 is 13.5 Å². The minimum atomic E-state index is -1.15. The normalized spacial score (nSPS) is 10.0. The molecule has 0 saturated carbocycles. The molecule has 2 aromatic rings. The van der Waals surface area contributed by atoms with Gasteiger partial charge in [-0.15, -0.1) is 0 Å². The number of aryl methyl sites for hydroxylation is 1. The van der Waals surface area contributed by atoms with Crippen molar-refractivity contribution >= 4 is 5.69 Å². The number of hydrogen-bond acceptors (Lipinski definition) is 3. The number of benzene rings is 2. The fourth-order valence-corrected chi connectivity index (χ4v) is 1.64. The molecule has 0 radical (unpaired) electrons. The van der Waals surface area contributed by atoms with Gasteiger partial charge in [0.05, 0.1) is 17.3 Å². The lowest BCUT2D eigenvalue weighted by molar-refractivity contribution is 0.418. The highest BCUT2D eigenvalue weighted by Crippen LogP contribution is 2.32. The van der Waals surface area contributed by atoms with E-state index in [-0.39, 0.29) is 17.2 Å².